The summed E-state index contributed by atoms with van der Waals surface area (Å²) in [6.07, 6.45) is 1.31. The lowest BCUT2D eigenvalue weighted by Crippen LogP contribution is -2.43. The van der Waals surface area contributed by atoms with E-state index >= 15 is 0 Å². The van der Waals surface area contributed by atoms with Crippen LogP contribution in [0.3, 0.4) is 0 Å². The van der Waals surface area contributed by atoms with Crippen molar-refractivity contribution in [3.8, 4) is 0 Å². The van der Waals surface area contributed by atoms with Gasteiger partial charge in [-0.1, -0.05) is 74.0 Å². The van der Waals surface area contributed by atoms with Gasteiger partial charge in [0.25, 0.3) is 0 Å². The molecule has 1 amide bonds. The Labute approximate surface area is 258 Å². The lowest BCUT2D eigenvalue weighted by atomic mass is 9.90. The van der Waals surface area contributed by atoms with E-state index in [9.17, 15) is 28.8 Å². The van der Waals surface area contributed by atoms with Gasteiger partial charge in [0.1, 0.15) is 0 Å². The Balaban J connectivity index is 2.29. The molecule has 0 aliphatic heterocycles. The molecule has 0 spiro atoms. The van der Waals surface area contributed by atoms with E-state index in [0.29, 0.717) is 18.4 Å². The fourth-order valence-corrected chi connectivity index (χ4v) is 4.35. The second kappa shape index (κ2) is 18.8. The third kappa shape index (κ3) is 11.6. The maximum atomic E-state index is 13.5. The molecule has 0 radical (unpaired) electrons. The van der Waals surface area contributed by atoms with E-state index in [2.05, 4.69) is 10.1 Å². The minimum Gasteiger partial charge on any atom is -0.460 e. The Morgan fingerprint density at radius 1 is 0.773 bits per heavy atom. The van der Waals surface area contributed by atoms with Gasteiger partial charge < -0.3 is 19.5 Å². The van der Waals surface area contributed by atoms with E-state index in [0.717, 1.165) is 5.56 Å². The molecular formula is C34H41NO9. The van der Waals surface area contributed by atoms with Crippen molar-refractivity contribution in [3.05, 3.63) is 83.1 Å². The molecular weight excluding hydrogens is 566 g/mol. The Hall–Kier alpha value is -4.60. The molecule has 236 valence electrons. The number of ketones is 2. The minimum atomic E-state index is -1.41. The molecule has 0 aliphatic rings. The second-order valence-electron chi connectivity index (χ2n) is 10.1. The van der Waals surface area contributed by atoms with E-state index in [1.165, 1.54) is 13.8 Å². The fourth-order valence-electron chi connectivity index (χ4n) is 4.35. The molecule has 0 unspecified atom stereocenters. The first kappa shape index (κ1) is 35.6. The zero-order chi connectivity index (χ0) is 32.5. The molecule has 0 saturated carbocycles. The standard InChI is InChI=1S/C34H41NO9/c1-5-8-17-26(30(32(39)42-6-2)44-34(41)33(40)43-7-3)21-28(36)23(4)35-31(38)27(20-24-15-11-9-12-16-24)22-29(37)25-18-13-10-14-19-25/h9-16,18-19,23,27H,5-8,17,20-22H2,1-4H3,(H,35,38)/b30-26-/t23-,27+/m0/s1. The maximum Gasteiger partial charge on any atom is 0.423 e. The van der Waals surface area contributed by atoms with E-state index in [-0.39, 0.29) is 50.3 Å². The summed E-state index contributed by atoms with van der Waals surface area (Å²) in [5.41, 5.74) is 1.51. The van der Waals surface area contributed by atoms with Gasteiger partial charge in [-0.05, 0) is 51.2 Å². The van der Waals surface area contributed by atoms with Crippen LogP contribution in [0.2, 0.25) is 0 Å². The number of ether oxygens (including phenoxy) is 3. The zero-order valence-electron chi connectivity index (χ0n) is 25.8. The summed E-state index contributed by atoms with van der Waals surface area (Å²) in [5, 5.41) is 2.73. The molecule has 10 heteroatoms. The van der Waals surface area contributed by atoms with Crippen molar-refractivity contribution < 1.29 is 43.0 Å². The van der Waals surface area contributed by atoms with Crippen LogP contribution in [0.1, 0.15) is 75.7 Å². The van der Waals surface area contributed by atoms with Gasteiger partial charge in [0, 0.05) is 24.3 Å². The van der Waals surface area contributed by atoms with E-state index < -0.39 is 47.3 Å². The molecule has 0 aromatic heterocycles. The number of unbranched alkanes of at least 4 members (excludes halogenated alkanes) is 1. The largest absolute Gasteiger partial charge is 0.460 e. The maximum absolute atomic E-state index is 13.5. The average molecular weight is 608 g/mol. The molecule has 10 nitrogen and oxygen atoms in total. The van der Waals surface area contributed by atoms with Crippen LogP contribution in [0.4, 0.5) is 0 Å². The predicted molar refractivity (Wildman–Crippen MR) is 162 cm³/mol. The zero-order valence-corrected chi connectivity index (χ0v) is 25.8. The number of esters is 3. The molecule has 2 aromatic carbocycles. The SMILES string of the molecule is CCCC/C(CC(=O)[C@H](C)NC(=O)[C@@H](CC(=O)c1ccccc1)Cc1ccccc1)=C(/OC(=O)C(=O)OCC)C(=O)OCC. The first-order chi connectivity index (χ1) is 21.1. The van der Waals surface area contributed by atoms with Gasteiger partial charge in [-0.25, -0.2) is 14.4 Å². The number of hydrogen-bond acceptors (Lipinski definition) is 9. The third-order valence-electron chi connectivity index (χ3n) is 6.70. The molecule has 2 atom stereocenters. The summed E-state index contributed by atoms with van der Waals surface area (Å²) in [6, 6.07) is 16.9. The lowest BCUT2D eigenvalue weighted by Gasteiger charge is -2.21. The topological polar surface area (TPSA) is 142 Å². The van der Waals surface area contributed by atoms with Crippen LogP contribution in [-0.2, 0) is 44.6 Å². The van der Waals surface area contributed by atoms with E-state index in [1.54, 1.807) is 37.3 Å². The highest BCUT2D eigenvalue weighted by Crippen LogP contribution is 2.22. The van der Waals surface area contributed by atoms with Gasteiger partial charge >= 0.3 is 17.9 Å². The number of nitrogens with one attached hydrogen (secondary N) is 1. The smallest absolute Gasteiger partial charge is 0.423 e. The van der Waals surface area contributed by atoms with E-state index in [4.69, 9.17) is 9.47 Å². The number of amides is 1. The fraction of sp³-hybridized carbons (Fsp3) is 0.412. The van der Waals surface area contributed by atoms with Crippen LogP contribution in [0, 0.1) is 5.92 Å². The number of rotatable bonds is 17. The van der Waals surface area contributed by atoms with Crippen LogP contribution >= 0.6 is 0 Å². The Morgan fingerprint density at radius 2 is 1.36 bits per heavy atom. The Morgan fingerprint density at radius 3 is 1.95 bits per heavy atom. The average Bonchev–Trinajstić information content (AvgIpc) is 3.02. The first-order valence-electron chi connectivity index (χ1n) is 14.8. The Bertz CT molecular complexity index is 1320. The number of allylic oxidation sites excluding steroid dienone is 1. The van der Waals surface area contributed by atoms with Gasteiger partial charge in [0.05, 0.1) is 19.3 Å². The summed E-state index contributed by atoms with van der Waals surface area (Å²) in [7, 11) is 0. The van der Waals surface area contributed by atoms with Gasteiger partial charge in [-0.3, -0.25) is 14.4 Å². The molecule has 1 N–H and O–H groups in total. The normalized spacial score (nSPS) is 12.6. The summed E-state index contributed by atoms with van der Waals surface area (Å²) < 4.78 is 14.8. The van der Waals surface area contributed by atoms with Gasteiger partial charge in [0.2, 0.25) is 11.7 Å². The number of carbonyl (C=O) groups is 6. The molecule has 0 bridgehead atoms. The number of hydrogen-bond donors (Lipinski definition) is 1. The highest BCUT2D eigenvalue weighted by Gasteiger charge is 2.30. The van der Waals surface area contributed by atoms with Crippen LogP contribution in [0.15, 0.2) is 72.0 Å². The molecule has 2 rings (SSSR count). The number of Topliss-reactive ketones (excluding diaryl/α,β-unsaturated/α-hetero) is 2. The van der Waals surface area contributed by atoms with Crippen molar-refractivity contribution in [2.24, 2.45) is 5.92 Å². The van der Waals surface area contributed by atoms with Crippen LogP contribution in [-0.4, -0.2) is 54.6 Å². The van der Waals surface area contributed by atoms with Crippen LogP contribution < -0.4 is 5.32 Å². The summed E-state index contributed by atoms with van der Waals surface area (Å²) in [4.78, 5) is 76.8. The van der Waals surface area contributed by atoms with Crippen LogP contribution in [0.25, 0.3) is 0 Å². The molecule has 0 aliphatic carbocycles. The quantitative estimate of drug-likeness (QED) is 0.0676. The third-order valence-corrected chi connectivity index (χ3v) is 6.70. The molecule has 44 heavy (non-hydrogen) atoms. The predicted octanol–water partition coefficient (Wildman–Crippen LogP) is 4.70. The van der Waals surface area contributed by atoms with Gasteiger partial charge in [-0.15, -0.1) is 0 Å². The van der Waals surface area contributed by atoms with Crippen molar-refractivity contribution >= 4 is 35.4 Å². The van der Waals surface area contributed by atoms with Crippen molar-refractivity contribution in [2.45, 2.75) is 72.3 Å². The second-order valence-corrected chi connectivity index (χ2v) is 10.1. The summed E-state index contributed by atoms with van der Waals surface area (Å²) in [6.45, 7) is 6.37. The van der Waals surface area contributed by atoms with Crippen molar-refractivity contribution in [1.29, 1.82) is 0 Å². The lowest BCUT2D eigenvalue weighted by molar-refractivity contribution is -0.167. The summed E-state index contributed by atoms with van der Waals surface area (Å²) in [5.74, 6) is -6.13. The highest BCUT2D eigenvalue weighted by molar-refractivity contribution is 6.30. The van der Waals surface area contributed by atoms with Crippen molar-refractivity contribution in [1.82, 2.24) is 5.32 Å². The van der Waals surface area contributed by atoms with E-state index in [1.807, 2.05) is 37.3 Å². The molecule has 0 saturated heterocycles. The first-order valence-corrected chi connectivity index (χ1v) is 14.8. The summed E-state index contributed by atoms with van der Waals surface area (Å²) >= 11 is 0. The monoisotopic (exact) mass is 607 g/mol. The van der Waals surface area contributed by atoms with Gasteiger partial charge in [0.15, 0.2) is 11.6 Å². The van der Waals surface area contributed by atoms with Gasteiger partial charge in [-0.2, -0.15) is 0 Å². The molecule has 2 aromatic rings. The van der Waals surface area contributed by atoms with Crippen molar-refractivity contribution in [2.75, 3.05) is 13.2 Å². The number of carbonyl (C=O) groups excluding carboxylic acids is 6. The van der Waals surface area contributed by atoms with Crippen molar-refractivity contribution in [3.63, 3.8) is 0 Å². The van der Waals surface area contributed by atoms with Crippen LogP contribution in [0.5, 0.6) is 0 Å². The Kier molecular flexibility index (Phi) is 15.2. The highest BCUT2D eigenvalue weighted by atomic mass is 16.6. The molecule has 0 heterocycles. The minimum absolute atomic E-state index is 0.0364. The molecule has 0 fully saturated rings. The number of benzene rings is 2.